The molecular formula is C15H10F2N2OS. The molecule has 0 aliphatic rings. The SMILES string of the molecule is Cc1ccc(-c2nc3cc(C(N)=O)ccc3s2)c(F)c1F. The molecule has 21 heavy (non-hydrogen) atoms. The lowest BCUT2D eigenvalue weighted by Gasteiger charge is -2.02. The van der Waals surface area contributed by atoms with E-state index in [4.69, 9.17) is 5.73 Å². The normalized spacial score (nSPS) is 11.0. The summed E-state index contributed by atoms with van der Waals surface area (Å²) in [7, 11) is 0. The average molecular weight is 304 g/mol. The molecule has 1 heterocycles. The third-order valence-electron chi connectivity index (χ3n) is 3.18. The number of aryl methyl sites for hydroxylation is 1. The van der Waals surface area contributed by atoms with Crippen molar-refractivity contribution in [1.29, 1.82) is 0 Å². The van der Waals surface area contributed by atoms with Crippen LogP contribution in [0.15, 0.2) is 30.3 Å². The van der Waals surface area contributed by atoms with Crippen LogP contribution < -0.4 is 5.73 Å². The molecule has 0 saturated carbocycles. The molecule has 3 aromatic rings. The molecular weight excluding hydrogens is 294 g/mol. The number of amides is 1. The number of carbonyl (C=O) groups excluding carboxylic acids is 1. The maximum atomic E-state index is 14.0. The lowest BCUT2D eigenvalue weighted by atomic mass is 10.1. The molecule has 6 heteroatoms. The van der Waals surface area contributed by atoms with Crippen molar-refractivity contribution in [2.75, 3.05) is 0 Å². The van der Waals surface area contributed by atoms with Crippen molar-refractivity contribution in [1.82, 2.24) is 4.98 Å². The van der Waals surface area contributed by atoms with E-state index in [0.717, 1.165) is 4.70 Å². The molecule has 3 nitrogen and oxygen atoms in total. The first-order valence-electron chi connectivity index (χ1n) is 6.12. The molecule has 0 fully saturated rings. The first kappa shape index (κ1) is 13.6. The zero-order chi connectivity index (χ0) is 15.1. The van der Waals surface area contributed by atoms with E-state index in [0.29, 0.717) is 16.1 Å². The van der Waals surface area contributed by atoms with Gasteiger partial charge < -0.3 is 5.73 Å². The Labute approximate surface area is 123 Å². The number of carbonyl (C=O) groups is 1. The van der Waals surface area contributed by atoms with Crippen LogP contribution in [0, 0.1) is 18.6 Å². The summed E-state index contributed by atoms with van der Waals surface area (Å²) in [5.74, 6) is -2.34. The minimum Gasteiger partial charge on any atom is -0.366 e. The first-order chi connectivity index (χ1) is 9.97. The Bertz CT molecular complexity index is 873. The number of primary amides is 1. The standard InChI is InChI=1S/C15H10F2N2OS/c1-7-2-4-9(13(17)12(7)16)15-19-10-6-8(14(18)20)3-5-11(10)21-15/h2-6H,1H3,(H2,18,20). The van der Waals surface area contributed by atoms with Gasteiger partial charge in [0, 0.05) is 11.1 Å². The van der Waals surface area contributed by atoms with Gasteiger partial charge in [-0.2, -0.15) is 0 Å². The van der Waals surface area contributed by atoms with Gasteiger partial charge in [0.2, 0.25) is 5.91 Å². The Morgan fingerprint density at radius 3 is 2.67 bits per heavy atom. The number of thiazole rings is 1. The summed E-state index contributed by atoms with van der Waals surface area (Å²) in [5, 5.41) is 0.364. The minimum atomic E-state index is -0.913. The van der Waals surface area contributed by atoms with Gasteiger partial charge in [0.1, 0.15) is 5.01 Å². The number of nitrogens with zero attached hydrogens (tertiary/aromatic N) is 1. The summed E-state index contributed by atoms with van der Waals surface area (Å²) in [6.07, 6.45) is 0. The fourth-order valence-electron chi connectivity index (χ4n) is 2.01. The molecule has 0 unspecified atom stereocenters. The fourth-order valence-corrected chi connectivity index (χ4v) is 2.97. The number of benzene rings is 2. The Balaban J connectivity index is 2.18. The topological polar surface area (TPSA) is 56.0 Å². The van der Waals surface area contributed by atoms with Gasteiger partial charge in [0.15, 0.2) is 11.6 Å². The number of aromatic nitrogens is 1. The molecule has 0 aliphatic heterocycles. The van der Waals surface area contributed by atoms with Gasteiger partial charge in [-0.05, 0) is 36.8 Å². The van der Waals surface area contributed by atoms with Crippen LogP contribution in [-0.4, -0.2) is 10.9 Å². The molecule has 106 valence electrons. The number of hydrogen-bond acceptors (Lipinski definition) is 3. The van der Waals surface area contributed by atoms with Crippen LogP contribution in [0.5, 0.6) is 0 Å². The second-order valence-corrected chi connectivity index (χ2v) is 5.65. The van der Waals surface area contributed by atoms with Crippen molar-refractivity contribution in [3.63, 3.8) is 0 Å². The van der Waals surface area contributed by atoms with E-state index >= 15 is 0 Å². The zero-order valence-corrected chi connectivity index (χ0v) is 11.8. The van der Waals surface area contributed by atoms with Crippen LogP contribution in [0.25, 0.3) is 20.8 Å². The highest BCUT2D eigenvalue weighted by Gasteiger charge is 2.16. The number of nitrogens with two attached hydrogens (primary N) is 1. The third-order valence-corrected chi connectivity index (χ3v) is 4.25. The zero-order valence-electron chi connectivity index (χ0n) is 11.0. The lowest BCUT2D eigenvalue weighted by Crippen LogP contribution is -2.10. The molecule has 0 bridgehead atoms. The number of halogens is 2. The number of hydrogen-bond donors (Lipinski definition) is 1. The Kier molecular flexibility index (Phi) is 3.17. The highest BCUT2D eigenvalue weighted by atomic mass is 32.1. The van der Waals surface area contributed by atoms with Gasteiger partial charge in [0.25, 0.3) is 0 Å². The predicted octanol–water partition coefficient (Wildman–Crippen LogP) is 3.65. The van der Waals surface area contributed by atoms with Gasteiger partial charge in [-0.3, -0.25) is 4.79 Å². The molecule has 2 aromatic carbocycles. The average Bonchev–Trinajstić information content (AvgIpc) is 2.87. The summed E-state index contributed by atoms with van der Waals surface area (Å²) >= 11 is 1.23. The van der Waals surface area contributed by atoms with E-state index in [1.54, 1.807) is 18.2 Å². The van der Waals surface area contributed by atoms with Gasteiger partial charge in [0.05, 0.1) is 10.2 Å². The van der Waals surface area contributed by atoms with Crippen LogP contribution in [0.3, 0.4) is 0 Å². The van der Waals surface area contributed by atoms with E-state index in [2.05, 4.69) is 4.98 Å². The fraction of sp³-hybridized carbons (Fsp3) is 0.0667. The maximum Gasteiger partial charge on any atom is 0.248 e. The quantitative estimate of drug-likeness (QED) is 0.785. The van der Waals surface area contributed by atoms with Crippen molar-refractivity contribution in [2.45, 2.75) is 6.92 Å². The molecule has 3 rings (SSSR count). The van der Waals surface area contributed by atoms with Gasteiger partial charge >= 0.3 is 0 Å². The van der Waals surface area contributed by atoms with Crippen LogP contribution in [-0.2, 0) is 0 Å². The van der Waals surface area contributed by atoms with Crippen LogP contribution in [0.1, 0.15) is 15.9 Å². The van der Waals surface area contributed by atoms with E-state index in [-0.39, 0.29) is 11.1 Å². The van der Waals surface area contributed by atoms with Crippen molar-refractivity contribution in [3.05, 3.63) is 53.1 Å². The summed E-state index contributed by atoms with van der Waals surface area (Å²) in [4.78, 5) is 15.4. The van der Waals surface area contributed by atoms with E-state index in [1.807, 2.05) is 0 Å². The Hall–Kier alpha value is -2.34. The molecule has 0 aliphatic carbocycles. The molecule has 0 radical (unpaired) electrons. The molecule has 0 spiro atoms. The minimum absolute atomic E-state index is 0.111. The summed E-state index contributed by atoms with van der Waals surface area (Å²) in [6, 6.07) is 7.83. The Morgan fingerprint density at radius 1 is 1.19 bits per heavy atom. The van der Waals surface area contributed by atoms with E-state index in [1.165, 1.54) is 30.4 Å². The maximum absolute atomic E-state index is 14.0. The van der Waals surface area contributed by atoms with Gasteiger partial charge in [-0.15, -0.1) is 11.3 Å². The summed E-state index contributed by atoms with van der Waals surface area (Å²) in [5.41, 5.74) is 6.43. The second-order valence-electron chi connectivity index (χ2n) is 4.62. The highest BCUT2D eigenvalue weighted by Crippen LogP contribution is 2.33. The highest BCUT2D eigenvalue weighted by molar-refractivity contribution is 7.21. The van der Waals surface area contributed by atoms with Crippen molar-refractivity contribution in [2.24, 2.45) is 5.73 Å². The molecule has 2 N–H and O–H groups in total. The van der Waals surface area contributed by atoms with Gasteiger partial charge in [-0.1, -0.05) is 6.07 Å². The smallest absolute Gasteiger partial charge is 0.248 e. The summed E-state index contributed by atoms with van der Waals surface area (Å²) < 4.78 is 28.4. The van der Waals surface area contributed by atoms with Crippen molar-refractivity contribution < 1.29 is 13.6 Å². The van der Waals surface area contributed by atoms with Crippen LogP contribution in [0.2, 0.25) is 0 Å². The lowest BCUT2D eigenvalue weighted by molar-refractivity contribution is 0.100. The first-order valence-corrected chi connectivity index (χ1v) is 6.94. The van der Waals surface area contributed by atoms with Crippen molar-refractivity contribution >= 4 is 27.5 Å². The van der Waals surface area contributed by atoms with Crippen molar-refractivity contribution in [3.8, 4) is 10.6 Å². The van der Waals surface area contributed by atoms with Crippen LogP contribution >= 0.6 is 11.3 Å². The van der Waals surface area contributed by atoms with E-state index < -0.39 is 17.5 Å². The van der Waals surface area contributed by atoms with Gasteiger partial charge in [-0.25, -0.2) is 13.8 Å². The second kappa shape index (κ2) is 4.89. The molecule has 1 aromatic heterocycles. The summed E-state index contributed by atoms with van der Waals surface area (Å²) in [6.45, 7) is 1.50. The van der Waals surface area contributed by atoms with Crippen LogP contribution in [0.4, 0.5) is 8.78 Å². The largest absolute Gasteiger partial charge is 0.366 e. The third kappa shape index (κ3) is 2.27. The number of fused-ring (bicyclic) bond motifs is 1. The monoisotopic (exact) mass is 304 g/mol. The van der Waals surface area contributed by atoms with E-state index in [9.17, 15) is 13.6 Å². The number of rotatable bonds is 2. The Morgan fingerprint density at radius 2 is 1.95 bits per heavy atom. The molecule has 1 amide bonds. The molecule has 0 atom stereocenters. The predicted molar refractivity (Wildman–Crippen MR) is 78.2 cm³/mol. The molecule has 0 saturated heterocycles.